The van der Waals surface area contributed by atoms with E-state index in [1.54, 1.807) is 0 Å². The van der Waals surface area contributed by atoms with Gasteiger partial charge in [0.1, 0.15) is 5.60 Å². The summed E-state index contributed by atoms with van der Waals surface area (Å²) in [5.41, 5.74) is 2.68. The van der Waals surface area contributed by atoms with Crippen molar-refractivity contribution in [2.75, 3.05) is 26.2 Å². The van der Waals surface area contributed by atoms with Crippen LogP contribution in [0.5, 0.6) is 0 Å². The molecule has 4 heteroatoms. The van der Waals surface area contributed by atoms with Gasteiger partial charge in [0.25, 0.3) is 0 Å². The summed E-state index contributed by atoms with van der Waals surface area (Å²) in [4.78, 5) is 2.46. The largest absolute Gasteiger partial charge is 0.395 e. The lowest BCUT2D eigenvalue weighted by Gasteiger charge is -2.42. The van der Waals surface area contributed by atoms with Crippen LogP contribution >= 0.6 is 0 Å². The van der Waals surface area contributed by atoms with Gasteiger partial charge in [0.05, 0.1) is 12.7 Å². The minimum atomic E-state index is -0.985. The predicted octanol–water partition coefficient (Wildman–Crippen LogP) is 5.42. The SMILES string of the molecule is CC(C)(CO)c1ccc([C@H](O)CCCN2CCC(C(O)(c3ccccc3)c3ccccc3)CC2)cc1. The van der Waals surface area contributed by atoms with Crippen LogP contribution in [0.1, 0.15) is 67.9 Å². The fourth-order valence-electron chi connectivity index (χ4n) is 5.52. The first-order valence-electron chi connectivity index (χ1n) is 13.3. The summed E-state index contributed by atoms with van der Waals surface area (Å²) >= 11 is 0. The summed E-state index contributed by atoms with van der Waals surface area (Å²) in [6.45, 7) is 6.99. The van der Waals surface area contributed by atoms with Crippen LogP contribution < -0.4 is 0 Å². The maximum absolute atomic E-state index is 12.1. The zero-order valence-corrected chi connectivity index (χ0v) is 21.7. The summed E-state index contributed by atoms with van der Waals surface area (Å²) in [5.74, 6) is 0.158. The van der Waals surface area contributed by atoms with Crippen molar-refractivity contribution in [1.29, 1.82) is 0 Å². The molecule has 4 nitrogen and oxygen atoms in total. The standard InChI is InChI=1S/C32H41NO3/c1-31(2,24-34)26-17-15-25(16-18-26)30(35)14-9-21-33-22-19-29(20-23-33)32(36,27-10-5-3-6-11-27)28-12-7-4-8-13-28/h3-8,10-13,15-18,29-30,34-36H,9,14,19-24H2,1-2H3/t30-/m1/s1. The topological polar surface area (TPSA) is 63.9 Å². The first-order chi connectivity index (χ1) is 17.3. The van der Waals surface area contributed by atoms with Gasteiger partial charge in [0, 0.05) is 5.41 Å². The molecular weight excluding hydrogens is 446 g/mol. The molecule has 0 spiro atoms. The van der Waals surface area contributed by atoms with E-state index >= 15 is 0 Å². The summed E-state index contributed by atoms with van der Waals surface area (Å²) < 4.78 is 0. The monoisotopic (exact) mass is 487 g/mol. The van der Waals surface area contributed by atoms with E-state index in [1.807, 2.05) is 98.8 Å². The first kappa shape index (κ1) is 26.6. The summed E-state index contributed by atoms with van der Waals surface area (Å²) in [6.07, 6.45) is 3.04. The Balaban J connectivity index is 1.31. The zero-order valence-electron chi connectivity index (χ0n) is 21.7. The van der Waals surface area contributed by atoms with Crippen molar-refractivity contribution in [2.45, 2.75) is 56.7 Å². The lowest BCUT2D eigenvalue weighted by molar-refractivity contribution is -0.0146. The number of nitrogens with zero attached hydrogens (tertiary/aromatic N) is 1. The predicted molar refractivity (Wildman–Crippen MR) is 146 cm³/mol. The van der Waals surface area contributed by atoms with Crippen molar-refractivity contribution in [3.8, 4) is 0 Å². The Morgan fingerprint density at radius 3 is 1.83 bits per heavy atom. The molecule has 0 aliphatic carbocycles. The van der Waals surface area contributed by atoms with Crippen LogP contribution in [0.4, 0.5) is 0 Å². The van der Waals surface area contributed by atoms with Gasteiger partial charge < -0.3 is 20.2 Å². The van der Waals surface area contributed by atoms with Gasteiger partial charge in [0.2, 0.25) is 0 Å². The molecule has 0 radical (unpaired) electrons. The van der Waals surface area contributed by atoms with Crippen LogP contribution in [0, 0.1) is 5.92 Å². The normalized spacial score (nSPS) is 16.7. The number of rotatable bonds is 10. The number of aliphatic hydroxyl groups is 3. The van der Waals surface area contributed by atoms with Crippen molar-refractivity contribution in [1.82, 2.24) is 4.90 Å². The van der Waals surface area contributed by atoms with Crippen molar-refractivity contribution in [3.63, 3.8) is 0 Å². The molecule has 1 saturated heterocycles. The molecule has 3 aromatic rings. The highest BCUT2D eigenvalue weighted by Gasteiger charge is 2.41. The molecule has 1 heterocycles. The first-order valence-corrected chi connectivity index (χ1v) is 13.3. The Bertz CT molecular complexity index is 1020. The molecule has 1 aliphatic rings. The maximum atomic E-state index is 12.1. The second-order valence-electron chi connectivity index (χ2n) is 10.9. The van der Waals surface area contributed by atoms with E-state index in [4.69, 9.17) is 0 Å². The van der Waals surface area contributed by atoms with E-state index in [0.717, 1.165) is 67.6 Å². The molecule has 192 valence electrons. The summed E-state index contributed by atoms with van der Waals surface area (Å²) in [6, 6.07) is 28.2. The van der Waals surface area contributed by atoms with E-state index in [9.17, 15) is 15.3 Å². The highest BCUT2D eigenvalue weighted by molar-refractivity contribution is 5.37. The third-order valence-corrected chi connectivity index (χ3v) is 8.03. The van der Waals surface area contributed by atoms with E-state index in [1.165, 1.54) is 0 Å². The van der Waals surface area contributed by atoms with Crippen molar-refractivity contribution >= 4 is 0 Å². The quantitative estimate of drug-likeness (QED) is 0.357. The summed E-state index contributed by atoms with van der Waals surface area (Å²) in [7, 11) is 0. The highest BCUT2D eigenvalue weighted by Crippen LogP contribution is 2.42. The molecule has 0 unspecified atom stereocenters. The number of piperidine rings is 1. The number of likely N-dealkylation sites (tertiary alicyclic amines) is 1. The fourth-order valence-corrected chi connectivity index (χ4v) is 5.52. The minimum absolute atomic E-state index is 0.0969. The number of benzene rings is 3. The Kier molecular flexibility index (Phi) is 8.63. The van der Waals surface area contributed by atoms with Crippen molar-refractivity contribution in [2.24, 2.45) is 5.92 Å². The van der Waals surface area contributed by atoms with Gasteiger partial charge in [-0.15, -0.1) is 0 Å². The third-order valence-electron chi connectivity index (χ3n) is 8.03. The molecule has 0 bridgehead atoms. The van der Waals surface area contributed by atoms with Gasteiger partial charge >= 0.3 is 0 Å². The Labute approximate surface area is 216 Å². The molecule has 1 aliphatic heterocycles. The second-order valence-corrected chi connectivity index (χ2v) is 10.9. The summed E-state index contributed by atoms with van der Waals surface area (Å²) in [5, 5.41) is 32.3. The molecule has 1 fully saturated rings. The number of hydrogen-bond donors (Lipinski definition) is 3. The molecular formula is C32H41NO3. The Morgan fingerprint density at radius 2 is 1.33 bits per heavy atom. The van der Waals surface area contributed by atoms with Gasteiger partial charge in [-0.1, -0.05) is 98.8 Å². The Hall–Kier alpha value is -2.50. The molecule has 0 saturated carbocycles. The van der Waals surface area contributed by atoms with E-state index in [2.05, 4.69) is 4.90 Å². The Morgan fingerprint density at radius 1 is 0.806 bits per heavy atom. The van der Waals surface area contributed by atoms with E-state index < -0.39 is 11.7 Å². The zero-order chi connectivity index (χ0) is 25.6. The van der Waals surface area contributed by atoms with Crippen molar-refractivity contribution < 1.29 is 15.3 Å². The number of hydrogen-bond acceptors (Lipinski definition) is 4. The van der Waals surface area contributed by atoms with Gasteiger partial charge in [-0.2, -0.15) is 0 Å². The van der Waals surface area contributed by atoms with Crippen LogP contribution in [-0.2, 0) is 11.0 Å². The third kappa shape index (κ3) is 5.90. The molecule has 0 aromatic heterocycles. The molecule has 0 amide bonds. The van der Waals surface area contributed by atoms with Crippen molar-refractivity contribution in [3.05, 3.63) is 107 Å². The lowest BCUT2D eigenvalue weighted by Crippen LogP contribution is -2.44. The van der Waals surface area contributed by atoms with Crippen LogP contribution in [0.25, 0.3) is 0 Å². The number of aliphatic hydroxyl groups excluding tert-OH is 2. The average molecular weight is 488 g/mol. The highest BCUT2D eigenvalue weighted by atomic mass is 16.3. The van der Waals surface area contributed by atoms with Gasteiger partial charge in [-0.3, -0.25) is 0 Å². The fraction of sp³-hybridized carbons (Fsp3) is 0.438. The van der Waals surface area contributed by atoms with Crippen LogP contribution in [0.15, 0.2) is 84.9 Å². The van der Waals surface area contributed by atoms with Gasteiger partial charge in [0.15, 0.2) is 0 Å². The lowest BCUT2D eigenvalue weighted by atomic mass is 9.72. The minimum Gasteiger partial charge on any atom is -0.395 e. The van der Waals surface area contributed by atoms with E-state index in [0.29, 0.717) is 0 Å². The molecule has 3 aromatic carbocycles. The molecule has 1 atom stereocenters. The smallest absolute Gasteiger partial charge is 0.117 e. The molecule has 3 N–H and O–H groups in total. The van der Waals surface area contributed by atoms with Gasteiger partial charge in [-0.25, -0.2) is 0 Å². The van der Waals surface area contributed by atoms with E-state index in [-0.39, 0.29) is 17.9 Å². The van der Waals surface area contributed by atoms with Crippen LogP contribution in [0.3, 0.4) is 0 Å². The molecule has 4 rings (SSSR count). The van der Waals surface area contributed by atoms with Gasteiger partial charge in [-0.05, 0) is 73.5 Å². The maximum Gasteiger partial charge on any atom is 0.117 e. The van der Waals surface area contributed by atoms with Crippen LogP contribution in [0.2, 0.25) is 0 Å². The average Bonchev–Trinajstić information content (AvgIpc) is 2.94. The second kappa shape index (κ2) is 11.7. The van der Waals surface area contributed by atoms with Crippen LogP contribution in [-0.4, -0.2) is 46.5 Å². The molecule has 36 heavy (non-hydrogen) atoms.